The van der Waals surface area contributed by atoms with E-state index in [1.807, 2.05) is 29.0 Å². The van der Waals surface area contributed by atoms with Crippen LogP contribution >= 0.6 is 0 Å². The molecule has 3 aromatic rings. The molecule has 0 aliphatic carbocycles. The van der Waals surface area contributed by atoms with Gasteiger partial charge in [-0.15, -0.1) is 0 Å². The lowest BCUT2D eigenvalue weighted by atomic mass is 10.1. The zero-order valence-corrected chi connectivity index (χ0v) is 11.6. The third kappa shape index (κ3) is 3.28. The fourth-order valence-electron chi connectivity index (χ4n) is 2.22. The van der Waals surface area contributed by atoms with E-state index in [4.69, 9.17) is 0 Å². The molecule has 0 aliphatic rings. The van der Waals surface area contributed by atoms with Gasteiger partial charge in [-0.05, 0) is 25.0 Å². The van der Waals surface area contributed by atoms with Gasteiger partial charge in [-0.2, -0.15) is 5.10 Å². The van der Waals surface area contributed by atoms with Gasteiger partial charge in [-0.1, -0.05) is 6.07 Å². The molecule has 0 aliphatic heterocycles. The summed E-state index contributed by atoms with van der Waals surface area (Å²) in [5, 5.41) is 10.8. The molecule has 0 fully saturated rings. The Balaban J connectivity index is 1.45. The molecule has 1 amide bonds. The van der Waals surface area contributed by atoms with E-state index < -0.39 is 0 Å². The Hall–Kier alpha value is -2.63. The van der Waals surface area contributed by atoms with Crippen LogP contribution in [-0.2, 0) is 6.54 Å². The van der Waals surface area contributed by atoms with E-state index in [1.165, 1.54) is 0 Å². The second-order valence-electron chi connectivity index (χ2n) is 4.94. The molecule has 0 bridgehead atoms. The van der Waals surface area contributed by atoms with Crippen molar-refractivity contribution in [1.82, 2.24) is 25.1 Å². The number of aryl methyl sites for hydroxylation is 1. The third-order valence-electron chi connectivity index (χ3n) is 3.39. The maximum absolute atomic E-state index is 12.0. The van der Waals surface area contributed by atoms with Crippen LogP contribution in [0.25, 0.3) is 10.9 Å². The predicted octanol–water partition coefficient (Wildman–Crippen LogP) is 1.97. The minimum atomic E-state index is -0.0471. The molecule has 2 N–H and O–H groups in total. The van der Waals surface area contributed by atoms with Gasteiger partial charge in [-0.25, -0.2) is 4.98 Å². The van der Waals surface area contributed by atoms with Crippen molar-refractivity contribution in [1.29, 1.82) is 0 Å². The van der Waals surface area contributed by atoms with Crippen LogP contribution in [0.4, 0.5) is 0 Å². The second kappa shape index (κ2) is 6.21. The number of unbranched alkanes of at least 4 members (excludes halogenated alkanes) is 1. The molecule has 6 heteroatoms. The lowest BCUT2D eigenvalue weighted by molar-refractivity contribution is 0.0953. The Labute approximate surface area is 122 Å². The Morgan fingerprint density at radius 2 is 2.29 bits per heavy atom. The molecule has 0 saturated carbocycles. The Kier molecular flexibility index (Phi) is 3.95. The van der Waals surface area contributed by atoms with E-state index in [2.05, 4.69) is 20.5 Å². The van der Waals surface area contributed by atoms with Crippen LogP contribution in [0.3, 0.4) is 0 Å². The second-order valence-corrected chi connectivity index (χ2v) is 4.94. The van der Waals surface area contributed by atoms with E-state index in [0.29, 0.717) is 12.1 Å². The Morgan fingerprint density at radius 3 is 3.14 bits per heavy atom. The number of aromatic amines is 1. The molecule has 0 saturated heterocycles. The molecule has 0 spiro atoms. The minimum Gasteiger partial charge on any atom is -0.352 e. The van der Waals surface area contributed by atoms with E-state index in [-0.39, 0.29) is 5.91 Å². The lowest BCUT2D eigenvalue weighted by Gasteiger charge is -2.06. The van der Waals surface area contributed by atoms with Gasteiger partial charge < -0.3 is 9.88 Å². The predicted molar refractivity (Wildman–Crippen MR) is 79.9 cm³/mol. The third-order valence-corrected chi connectivity index (χ3v) is 3.39. The van der Waals surface area contributed by atoms with E-state index >= 15 is 0 Å². The SMILES string of the molecule is O=C(NCCCCn1ccnc1)c1ccc2cn[nH]c2c1. The lowest BCUT2D eigenvalue weighted by Crippen LogP contribution is -2.24. The number of H-pyrrole nitrogens is 1. The van der Waals surface area contributed by atoms with E-state index in [9.17, 15) is 4.79 Å². The van der Waals surface area contributed by atoms with Crippen molar-refractivity contribution in [3.63, 3.8) is 0 Å². The number of benzene rings is 1. The molecule has 0 unspecified atom stereocenters. The van der Waals surface area contributed by atoms with Crippen LogP contribution in [0.5, 0.6) is 0 Å². The molecule has 2 heterocycles. The first-order chi connectivity index (χ1) is 10.3. The number of carbonyl (C=O) groups is 1. The first kappa shape index (κ1) is 13.4. The summed E-state index contributed by atoms with van der Waals surface area (Å²) in [6.07, 6.45) is 9.21. The molecular weight excluding hydrogens is 266 g/mol. The molecule has 0 radical (unpaired) electrons. The number of rotatable bonds is 6. The number of amides is 1. The van der Waals surface area contributed by atoms with Crippen LogP contribution in [0.2, 0.25) is 0 Å². The van der Waals surface area contributed by atoms with Crippen molar-refractivity contribution >= 4 is 16.8 Å². The molecule has 21 heavy (non-hydrogen) atoms. The molecule has 6 nitrogen and oxygen atoms in total. The molecular formula is C15H17N5O. The molecule has 3 rings (SSSR count). The maximum atomic E-state index is 12.0. The summed E-state index contributed by atoms with van der Waals surface area (Å²) in [5.41, 5.74) is 1.53. The Morgan fingerprint density at radius 1 is 1.33 bits per heavy atom. The summed E-state index contributed by atoms with van der Waals surface area (Å²) in [7, 11) is 0. The normalized spacial score (nSPS) is 10.9. The van der Waals surface area contributed by atoms with E-state index in [0.717, 1.165) is 30.3 Å². The standard InChI is InChI=1S/C15H17N5O/c21-15(12-3-4-13-10-18-19-14(13)9-12)17-5-1-2-7-20-8-6-16-11-20/h3-4,6,8-11H,1-2,5,7H2,(H,17,21)(H,18,19). The molecule has 1 aromatic carbocycles. The molecule has 108 valence electrons. The van der Waals surface area contributed by atoms with Crippen molar-refractivity contribution in [2.75, 3.05) is 6.54 Å². The van der Waals surface area contributed by atoms with Gasteiger partial charge >= 0.3 is 0 Å². The fourth-order valence-corrected chi connectivity index (χ4v) is 2.22. The van der Waals surface area contributed by atoms with Crippen LogP contribution in [-0.4, -0.2) is 32.2 Å². The number of carbonyl (C=O) groups excluding carboxylic acids is 1. The van der Waals surface area contributed by atoms with Gasteiger partial charge in [0.1, 0.15) is 0 Å². The number of nitrogens with one attached hydrogen (secondary N) is 2. The van der Waals surface area contributed by atoms with Crippen molar-refractivity contribution in [2.45, 2.75) is 19.4 Å². The maximum Gasteiger partial charge on any atom is 0.251 e. The zero-order chi connectivity index (χ0) is 14.5. The minimum absolute atomic E-state index is 0.0471. The number of aromatic nitrogens is 4. The van der Waals surface area contributed by atoms with Crippen molar-refractivity contribution in [3.8, 4) is 0 Å². The van der Waals surface area contributed by atoms with Gasteiger partial charge in [0.05, 0.1) is 18.0 Å². The summed E-state index contributed by atoms with van der Waals surface area (Å²) in [4.78, 5) is 16.0. The van der Waals surface area contributed by atoms with Crippen LogP contribution in [0.15, 0.2) is 43.1 Å². The smallest absolute Gasteiger partial charge is 0.251 e. The molecule has 0 atom stereocenters. The number of hydrogen-bond donors (Lipinski definition) is 2. The van der Waals surface area contributed by atoms with Crippen LogP contribution < -0.4 is 5.32 Å². The number of imidazole rings is 1. The van der Waals surface area contributed by atoms with Crippen LogP contribution in [0, 0.1) is 0 Å². The largest absolute Gasteiger partial charge is 0.352 e. The van der Waals surface area contributed by atoms with Gasteiger partial charge in [0.25, 0.3) is 5.91 Å². The quantitative estimate of drug-likeness (QED) is 0.679. The van der Waals surface area contributed by atoms with Gasteiger partial charge in [0.2, 0.25) is 0 Å². The molecule has 2 aromatic heterocycles. The summed E-state index contributed by atoms with van der Waals surface area (Å²) in [5.74, 6) is -0.0471. The highest BCUT2D eigenvalue weighted by Gasteiger charge is 2.06. The topological polar surface area (TPSA) is 75.6 Å². The van der Waals surface area contributed by atoms with Gasteiger partial charge in [0.15, 0.2) is 0 Å². The highest BCUT2D eigenvalue weighted by Crippen LogP contribution is 2.12. The highest BCUT2D eigenvalue weighted by molar-refractivity contribution is 5.97. The first-order valence-electron chi connectivity index (χ1n) is 7.00. The average molecular weight is 283 g/mol. The number of fused-ring (bicyclic) bond motifs is 1. The number of nitrogens with zero attached hydrogens (tertiary/aromatic N) is 3. The Bertz CT molecular complexity index is 717. The number of hydrogen-bond acceptors (Lipinski definition) is 3. The summed E-state index contributed by atoms with van der Waals surface area (Å²) in [6, 6.07) is 5.54. The summed E-state index contributed by atoms with van der Waals surface area (Å²) < 4.78 is 2.04. The zero-order valence-electron chi connectivity index (χ0n) is 11.6. The van der Waals surface area contributed by atoms with Gasteiger partial charge in [-0.3, -0.25) is 9.89 Å². The highest BCUT2D eigenvalue weighted by atomic mass is 16.1. The first-order valence-corrected chi connectivity index (χ1v) is 7.00. The van der Waals surface area contributed by atoms with Crippen molar-refractivity contribution in [2.24, 2.45) is 0 Å². The average Bonchev–Trinajstić information content (AvgIpc) is 3.17. The monoisotopic (exact) mass is 283 g/mol. The summed E-state index contributed by atoms with van der Waals surface area (Å²) >= 11 is 0. The van der Waals surface area contributed by atoms with Crippen molar-refractivity contribution in [3.05, 3.63) is 48.7 Å². The fraction of sp³-hybridized carbons (Fsp3) is 0.267. The summed E-state index contributed by atoms with van der Waals surface area (Å²) in [6.45, 7) is 1.60. The van der Waals surface area contributed by atoms with Crippen molar-refractivity contribution < 1.29 is 4.79 Å². The van der Waals surface area contributed by atoms with E-state index in [1.54, 1.807) is 18.7 Å². The van der Waals surface area contributed by atoms with Crippen LogP contribution in [0.1, 0.15) is 23.2 Å². The van der Waals surface area contributed by atoms with Gasteiger partial charge in [0, 0.05) is 36.4 Å².